The van der Waals surface area contributed by atoms with Crippen molar-refractivity contribution in [1.29, 1.82) is 0 Å². The van der Waals surface area contributed by atoms with Gasteiger partial charge in [0.1, 0.15) is 5.82 Å². The number of hydrogen-bond acceptors (Lipinski definition) is 2. The number of halogens is 1. The summed E-state index contributed by atoms with van der Waals surface area (Å²) in [6, 6.07) is 5.18. The van der Waals surface area contributed by atoms with E-state index in [0.29, 0.717) is 6.54 Å². The Bertz CT molecular complexity index is 474. The lowest BCUT2D eigenvalue weighted by molar-refractivity contribution is 0.422. The van der Waals surface area contributed by atoms with Gasteiger partial charge in [-0.2, -0.15) is 0 Å². The van der Waals surface area contributed by atoms with E-state index in [1.165, 1.54) is 18.5 Å². The summed E-state index contributed by atoms with van der Waals surface area (Å²) in [6.45, 7) is 12.7. The third-order valence-electron chi connectivity index (χ3n) is 4.04. The maximum Gasteiger partial charge on any atom is 0.123 e. The van der Waals surface area contributed by atoms with Gasteiger partial charge < -0.3 is 10.2 Å². The Morgan fingerprint density at radius 1 is 1.30 bits per heavy atom. The molecule has 0 bridgehead atoms. The standard InChI is InChI=1S/C17H27FN2/c1-16(2,3)19-12-13-11-14(18)7-8-15(13)20-10-6-9-17(20,4)5/h7-8,11,19H,6,9-10,12H2,1-5H3. The first-order valence-corrected chi connectivity index (χ1v) is 7.50. The van der Waals surface area contributed by atoms with E-state index in [-0.39, 0.29) is 16.9 Å². The van der Waals surface area contributed by atoms with Gasteiger partial charge in [0.25, 0.3) is 0 Å². The fraction of sp³-hybridized carbons (Fsp3) is 0.647. The van der Waals surface area contributed by atoms with Crippen molar-refractivity contribution >= 4 is 5.69 Å². The molecule has 0 saturated carbocycles. The Labute approximate surface area is 122 Å². The lowest BCUT2D eigenvalue weighted by Gasteiger charge is -2.35. The molecular weight excluding hydrogens is 251 g/mol. The van der Waals surface area contributed by atoms with Crippen LogP contribution in [0, 0.1) is 5.82 Å². The molecular formula is C17H27FN2. The maximum absolute atomic E-state index is 13.6. The largest absolute Gasteiger partial charge is 0.366 e. The highest BCUT2D eigenvalue weighted by Crippen LogP contribution is 2.35. The number of nitrogens with one attached hydrogen (secondary N) is 1. The molecule has 0 spiro atoms. The molecule has 1 aliphatic rings. The van der Waals surface area contributed by atoms with Crippen LogP contribution in [0.1, 0.15) is 53.0 Å². The molecule has 1 aromatic rings. The molecule has 0 amide bonds. The van der Waals surface area contributed by atoms with Crippen LogP contribution in [0.2, 0.25) is 0 Å². The number of benzene rings is 1. The monoisotopic (exact) mass is 278 g/mol. The van der Waals surface area contributed by atoms with E-state index in [2.05, 4.69) is 44.8 Å². The summed E-state index contributed by atoms with van der Waals surface area (Å²) in [4.78, 5) is 2.42. The van der Waals surface area contributed by atoms with Crippen molar-refractivity contribution in [2.75, 3.05) is 11.4 Å². The van der Waals surface area contributed by atoms with Crippen LogP contribution in [-0.2, 0) is 6.54 Å². The van der Waals surface area contributed by atoms with Crippen LogP contribution >= 0.6 is 0 Å². The summed E-state index contributed by atoms with van der Waals surface area (Å²) >= 11 is 0. The summed E-state index contributed by atoms with van der Waals surface area (Å²) in [6.07, 6.45) is 2.40. The van der Waals surface area contributed by atoms with Gasteiger partial charge in [0.15, 0.2) is 0 Å². The molecule has 3 heteroatoms. The van der Waals surface area contributed by atoms with Gasteiger partial charge >= 0.3 is 0 Å². The third-order valence-corrected chi connectivity index (χ3v) is 4.04. The minimum absolute atomic E-state index is 0.0319. The Morgan fingerprint density at radius 3 is 2.55 bits per heavy atom. The lowest BCUT2D eigenvalue weighted by Crippen LogP contribution is -2.40. The number of rotatable bonds is 3. The average molecular weight is 278 g/mol. The molecule has 112 valence electrons. The Hall–Kier alpha value is -1.09. The predicted molar refractivity (Wildman–Crippen MR) is 83.7 cm³/mol. The molecule has 20 heavy (non-hydrogen) atoms. The Kier molecular flexibility index (Phi) is 4.10. The van der Waals surface area contributed by atoms with Crippen LogP contribution in [0.15, 0.2) is 18.2 Å². The highest BCUT2D eigenvalue weighted by molar-refractivity contribution is 5.56. The zero-order chi connectivity index (χ0) is 15.0. The van der Waals surface area contributed by atoms with Gasteiger partial charge in [0, 0.05) is 29.9 Å². The van der Waals surface area contributed by atoms with Crippen molar-refractivity contribution in [2.24, 2.45) is 0 Å². The molecule has 0 atom stereocenters. The molecule has 1 aromatic carbocycles. The van der Waals surface area contributed by atoms with Crippen LogP contribution < -0.4 is 10.2 Å². The molecule has 1 heterocycles. The van der Waals surface area contributed by atoms with E-state index in [4.69, 9.17) is 0 Å². The molecule has 2 rings (SSSR count). The summed E-state index contributed by atoms with van der Waals surface area (Å²) in [5.41, 5.74) is 2.42. The van der Waals surface area contributed by atoms with Crippen molar-refractivity contribution in [1.82, 2.24) is 5.32 Å². The topological polar surface area (TPSA) is 15.3 Å². The Balaban J connectivity index is 2.28. The minimum atomic E-state index is -0.156. The van der Waals surface area contributed by atoms with Crippen LogP contribution in [-0.4, -0.2) is 17.6 Å². The Morgan fingerprint density at radius 2 is 2.00 bits per heavy atom. The lowest BCUT2D eigenvalue weighted by atomic mass is 10.00. The summed E-state index contributed by atoms with van der Waals surface area (Å²) in [5.74, 6) is -0.156. The van der Waals surface area contributed by atoms with Crippen LogP contribution in [0.4, 0.5) is 10.1 Å². The van der Waals surface area contributed by atoms with E-state index < -0.39 is 0 Å². The first kappa shape index (κ1) is 15.3. The molecule has 1 N–H and O–H groups in total. The van der Waals surface area contributed by atoms with E-state index in [1.54, 1.807) is 12.1 Å². The van der Waals surface area contributed by atoms with Gasteiger partial charge in [-0.1, -0.05) is 0 Å². The molecule has 0 unspecified atom stereocenters. The van der Waals surface area contributed by atoms with Gasteiger partial charge in [-0.15, -0.1) is 0 Å². The first-order chi connectivity index (χ1) is 9.19. The minimum Gasteiger partial charge on any atom is -0.366 e. The van der Waals surface area contributed by atoms with Gasteiger partial charge in [-0.3, -0.25) is 0 Å². The first-order valence-electron chi connectivity index (χ1n) is 7.50. The summed E-state index contributed by atoms with van der Waals surface area (Å²) in [7, 11) is 0. The quantitative estimate of drug-likeness (QED) is 0.895. The van der Waals surface area contributed by atoms with Crippen molar-refractivity contribution < 1.29 is 4.39 Å². The number of anilines is 1. The molecule has 1 saturated heterocycles. The van der Waals surface area contributed by atoms with Crippen LogP contribution in [0.5, 0.6) is 0 Å². The van der Waals surface area contributed by atoms with Crippen molar-refractivity contribution in [3.05, 3.63) is 29.6 Å². The smallest absolute Gasteiger partial charge is 0.123 e. The molecule has 0 aliphatic carbocycles. The second-order valence-corrected chi connectivity index (χ2v) is 7.44. The van der Waals surface area contributed by atoms with Crippen LogP contribution in [0.25, 0.3) is 0 Å². The average Bonchev–Trinajstić information content (AvgIpc) is 2.66. The highest BCUT2D eigenvalue weighted by Gasteiger charge is 2.33. The van der Waals surface area contributed by atoms with Crippen molar-refractivity contribution in [2.45, 2.75) is 65.1 Å². The van der Waals surface area contributed by atoms with Gasteiger partial charge in [-0.25, -0.2) is 4.39 Å². The zero-order valence-electron chi connectivity index (χ0n) is 13.4. The predicted octanol–water partition coefficient (Wildman–Crippen LogP) is 4.09. The summed E-state index contributed by atoms with van der Waals surface area (Å²) in [5, 5.41) is 3.46. The van der Waals surface area contributed by atoms with E-state index in [0.717, 1.165) is 12.1 Å². The zero-order valence-corrected chi connectivity index (χ0v) is 13.4. The van der Waals surface area contributed by atoms with E-state index in [1.807, 2.05) is 6.07 Å². The van der Waals surface area contributed by atoms with Gasteiger partial charge in [0.05, 0.1) is 0 Å². The molecule has 2 nitrogen and oxygen atoms in total. The second-order valence-electron chi connectivity index (χ2n) is 7.44. The van der Waals surface area contributed by atoms with E-state index >= 15 is 0 Å². The van der Waals surface area contributed by atoms with Gasteiger partial charge in [0.2, 0.25) is 0 Å². The molecule has 0 aromatic heterocycles. The molecule has 1 aliphatic heterocycles. The second kappa shape index (κ2) is 5.36. The normalized spacial score (nSPS) is 18.6. The third kappa shape index (κ3) is 3.51. The number of nitrogens with zero attached hydrogens (tertiary/aromatic N) is 1. The molecule has 0 radical (unpaired) electrons. The van der Waals surface area contributed by atoms with Gasteiger partial charge in [-0.05, 0) is 71.2 Å². The fourth-order valence-corrected chi connectivity index (χ4v) is 2.87. The highest BCUT2D eigenvalue weighted by atomic mass is 19.1. The fourth-order valence-electron chi connectivity index (χ4n) is 2.87. The SMILES string of the molecule is CC(C)(C)NCc1cc(F)ccc1N1CCCC1(C)C. The molecule has 1 fully saturated rings. The van der Waals surface area contributed by atoms with E-state index in [9.17, 15) is 4.39 Å². The van der Waals surface area contributed by atoms with Crippen LogP contribution in [0.3, 0.4) is 0 Å². The summed E-state index contributed by atoms with van der Waals surface area (Å²) < 4.78 is 13.6. The maximum atomic E-state index is 13.6. The van der Waals surface area contributed by atoms with Crippen molar-refractivity contribution in [3.63, 3.8) is 0 Å². The van der Waals surface area contributed by atoms with Crippen molar-refractivity contribution in [3.8, 4) is 0 Å². The number of hydrogen-bond donors (Lipinski definition) is 1.